The number of aliphatic hydroxyl groups excluding tert-OH is 2. The predicted molar refractivity (Wildman–Crippen MR) is 52.7 cm³/mol. The highest BCUT2D eigenvalue weighted by Crippen LogP contribution is 2.03. The van der Waals surface area contributed by atoms with Crippen LogP contribution in [0.4, 0.5) is 0 Å². The Bertz CT molecular complexity index is 286. The van der Waals surface area contributed by atoms with Gasteiger partial charge < -0.3 is 15.5 Å². The maximum absolute atomic E-state index is 9.08. The molecule has 0 saturated heterocycles. The highest BCUT2D eigenvalue weighted by Gasteiger charge is 2.04. The van der Waals surface area contributed by atoms with Crippen molar-refractivity contribution in [1.82, 2.24) is 15.1 Å². The Balaban J connectivity index is 2.34. The van der Waals surface area contributed by atoms with E-state index in [0.29, 0.717) is 13.1 Å². The van der Waals surface area contributed by atoms with E-state index in [2.05, 4.69) is 10.4 Å². The SMILES string of the molecule is Cc1nn(C)cc1CNCC(O)CO. The lowest BCUT2D eigenvalue weighted by atomic mass is 10.2. The summed E-state index contributed by atoms with van der Waals surface area (Å²) in [5.74, 6) is 0. The van der Waals surface area contributed by atoms with Crippen molar-refractivity contribution in [2.24, 2.45) is 7.05 Å². The van der Waals surface area contributed by atoms with Crippen LogP contribution in [0.5, 0.6) is 0 Å². The van der Waals surface area contributed by atoms with Crippen LogP contribution in [0.25, 0.3) is 0 Å². The molecule has 0 aliphatic rings. The normalized spacial score (nSPS) is 13.1. The molecule has 0 bridgehead atoms. The second kappa shape index (κ2) is 5.09. The van der Waals surface area contributed by atoms with Gasteiger partial charge in [-0.15, -0.1) is 0 Å². The minimum absolute atomic E-state index is 0.209. The van der Waals surface area contributed by atoms with Gasteiger partial charge in [0.25, 0.3) is 0 Å². The number of rotatable bonds is 5. The maximum Gasteiger partial charge on any atom is 0.0895 e. The zero-order valence-electron chi connectivity index (χ0n) is 8.56. The van der Waals surface area contributed by atoms with E-state index in [-0.39, 0.29) is 6.61 Å². The number of aliphatic hydroxyl groups is 2. The molecule has 0 radical (unpaired) electrons. The molecule has 1 unspecified atom stereocenters. The number of nitrogens with one attached hydrogen (secondary N) is 1. The van der Waals surface area contributed by atoms with Crippen LogP contribution >= 0.6 is 0 Å². The van der Waals surface area contributed by atoms with Gasteiger partial charge in [-0.25, -0.2) is 0 Å². The van der Waals surface area contributed by atoms with Crippen LogP contribution < -0.4 is 5.32 Å². The van der Waals surface area contributed by atoms with Crippen molar-refractivity contribution in [2.45, 2.75) is 19.6 Å². The molecule has 0 aromatic carbocycles. The van der Waals surface area contributed by atoms with Gasteiger partial charge in [-0.3, -0.25) is 4.68 Å². The fraction of sp³-hybridized carbons (Fsp3) is 0.667. The van der Waals surface area contributed by atoms with E-state index in [1.807, 2.05) is 20.2 Å². The zero-order valence-corrected chi connectivity index (χ0v) is 8.56. The Labute approximate surface area is 83.4 Å². The Kier molecular flexibility index (Phi) is 4.06. The van der Waals surface area contributed by atoms with E-state index in [4.69, 9.17) is 10.2 Å². The van der Waals surface area contributed by atoms with Crippen LogP contribution in [0.1, 0.15) is 11.3 Å². The predicted octanol–water partition coefficient (Wildman–Crippen LogP) is -0.829. The molecule has 1 heterocycles. The van der Waals surface area contributed by atoms with Crippen molar-refractivity contribution in [1.29, 1.82) is 0 Å². The average molecular weight is 199 g/mol. The largest absolute Gasteiger partial charge is 0.394 e. The first-order valence-electron chi connectivity index (χ1n) is 4.62. The van der Waals surface area contributed by atoms with E-state index in [1.54, 1.807) is 4.68 Å². The molecule has 0 spiro atoms. The Morgan fingerprint density at radius 2 is 2.36 bits per heavy atom. The second-order valence-electron chi connectivity index (χ2n) is 3.38. The van der Waals surface area contributed by atoms with Gasteiger partial charge in [0.15, 0.2) is 0 Å². The first-order valence-corrected chi connectivity index (χ1v) is 4.62. The Hall–Kier alpha value is -0.910. The van der Waals surface area contributed by atoms with Crippen molar-refractivity contribution in [3.8, 4) is 0 Å². The fourth-order valence-electron chi connectivity index (χ4n) is 1.26. The molecule has 80 valence electrons. The van der Waals surface area contributed by atoms with Gasteiger partial charge in [0.05, 0.1) is 18.4 Å². The first kappa shape index (κ1) is 11.2. The topological polar surface area (TPSA) is 70.3 Å². The fourth-order valence-corrected chi connectivity index (χ4v) is 1.26. The molecule has 5 heteroatoms. The summed E-state index contributed by atoms with van der Waals surface area (Å²) in [6, 6.07) is 0. The lowest BCUT2D eigenvalue weighted by Gasteiger charge is -2.07. The quantitative estimate of drug-likeness (QED) is 0.579. The van der Waals surface area contributed by atoms with Crippen LogP contribution in [-0.2, 0) is 13.6 Å². The standard InChI is InChI=1S/C9H17N3O2/c1-7-8(5-12(2)11-7)3-10-4-9(14)6-13/h5,9-10,13-14H,3-4,6H2,1-2H3. The summed E-state index contributed by atoms with van der Waals surface area (Å²) >= 11 is 0. The highest BCUT2D eigenvalue weighted by atomic mass is 16.3. The van der Waals surface area contributed by atoms with Gasteiger partial charge >= 0.3 is 0 Å². The first-order chi connectivity index (χ1) is 6.63. The molecular weight excluding hydrogens is 182 g/mol. The molecular formula is C9H17N3O2. The molecule has 0 aliphatic carbocycles. The Morgan fingerprint density at radius 1 is 1.64 bits per heavy atom. The lowest BCUT2D eigenvalue weighted by Crippen LogP contribution is -2.29. The third-order valence-corrected chi connectivity index (χ3v) is 2.02. The highest BCUT2D eigenvalue weighted by molar-refractivity contribution is 5.14. The average Bonchev–Trinajstić information content (AvgIpc) is 2.45. The van der Waals surface area contributed by atoms with Crippen molar-refractivity contribution in [2.75, 3.05) is 13.2 Å². The summed E-state index contributed by atoms with van der Waals surface area (Å²) in [7, 11) is 1.87. The van der Waals surface area contributed by atoms with Gasteiger partial charge in [0.1, 0.15) is 0 Å². The summed E-state index contributed by atoms with van der Waals surface area (Å²) in [6.07, 6.45) is 1.25. The van der Waals surface area contributed by atoms with Gasteiger partial charge in [0.2, 0.25) is 0 Å². The molecule has 14 heavy (non-hydrogen) atoms. The molecule has 5 nitrogen and oxygen atoms in total. The molecule has 0 saturated carbocycles. The van der Waals surface area contributed by atoms with Crippen molar-refractivity contribution < 1.29 is 10.2 Å². The van der Waals surface area contributed by atoms with Crippen molar-refractivity contribution in [3.63, 3.8) is 0 Å². The van der Waals surface area contributed by atoms with E-state index in [0.717, 1.165) is 11.3 Å². The van der Waals surface area contributed by atoms with E-state index in [9.17, 15) is 0 Å². The van der Waals surface area contributed by atoms with Gasteiger partial charge in [0, 0.05) is 31.9 Å². The van der Waals surface area contributed by atoms with Crippen molar-refractivity contribution in [3.05, 3.63) is 17.5 Å². The van der Waals surface area contributed by atoms with E-state index in [1.165, 1.54) is 0 Å². The third kappa shape index (κ3) is 3.10. The molecule has 1 aromatic heterocycles. The second-order valence-corrected chi connectivity index (χ2v) is 3.38. The monoisotopic (exact) mass is 199 g/mol. The number of aromatic nitrogens is 2. The van der Waals surface area contributed by atoms with Gasteiger partial charge in [-0.05, 0) is 6.92 Å². The third-order valence-electron chi connectivity index (χ3n) is 2.02. The van der Waals surface area contributed by atoms with Crippen LogP contribution in [-0.4, -0.2) is 39.2 Å². The number of hydrogen-bond donors (Lipinski definition) is 3. The van der Waals surface area contributed by atoms with E-state index < -0.39 is 6.10 Å². The van der Waals surface area contributed by atoms with Crippen LogP contribution in [0.3, 0.4) is 0 Å². The molecule has 1 rings (SSSR count). The molecule has 0 amide bonds. The Morgan fingerprint density at radius 3 is 2.86 bits per heavy atom. The van der Waals surface area contributed by atoms with Crippen LogP contribution in [0.2, 0.25) is 0 Å². The summed E-state index contributed by atoms with van der Waals surface area (Å²) in [4.78, 5) is 0. The zero-order chi connectivity index (χ0) is 10.6. The number of aryl methyl sites for hydroxylation is 2. The maximum atomic E-state index is 9.08. The minimum Gasteiger partial charge on any atom is -0.394 e. The minimum atomic E-state index is -0.688. The van der Waals surface area contributed by atoms with Gasteiger partial charge in [-0.1, -0.05) is 0 Å². The van der Waals surface area contributed by atoms with E-state index >= 15 is 0 Å². The molecule has 0 aliphatic heterocycles. The number of hydrogen-bond acceptors (Lipinski definition) is 4. The van der Waals surface area contributed by atoms with Crippen LogP contribution in [0.15, 0.2) is 6.20 Å². The van der Waals surface area contributed by atoms with Gasteiger partial charge in [-0.2, -0.15) is 5.10 Å². The summed E-state index contributed by atoms with van der Waals surface area (Å²) < 4.78 is 1.76. The molecule has 0 fully saturated rings. The summed E-state index contributed by atoms with van der Waals surface area (Å²) in [5.41, 5.74) is 2.09. The molecule has 3 N–H and O–H groups in total. The van der Waals surface area contributed by atoms with Crippen molar-refractivity contribution >= 4 is 0 Å². The van der Waals surface area contributed by atoms with Crippen LogP contribution in [0, 0.1) is 6.92 Å². The smallest absolute Gasteiger partial charge is 0.0895 e. The lowest BCUT2D eigenvalue weighted by molar-refractivity contribution is 0.0942. The number of nitrogens with zero attached hydrogens (tertiary/aromatic N) is 2. The summed E-state index contributed by atoms with van der Waals surface area (Å²) in [5, 5.41) is 24.9. The summed E-state index contributed by atoms with van der Waals surface area (Å²) in [6.45, 7) is 2.79. The molecule has 1 atom stereocenters. The molecule has 1 aromatic rings.